The van der Waals surface area contributed by atoms with E-state index in [2.05, 4.69) is 0 Å². The van der Waals surface area contributed by atoms with E-state index in [4.69, 9.17) is 17.3 Å². The predicted octanol–water partition coefficient (Wildman–Crippen LogP) is 3.77. The summed E-state index contributed by atoms with van der Waals surface area (Å²) in [4.78, 5) is 0. The van der Waals surface area contributed by atoms with Gasteiger partial charge in [0.25, 0.3) is 0 Å². The molecule has 6 heteroatoms. The summed E-state index contributed by atoms with van der Waals surface area (Å²) in [6, 6.07) is 2.17. The maximum Gasteiger partial charge on any atom is 0.416 e. The highest BCUT2D eigenvalue weighted by Gasteiger charge is 2.34. The summed E-state index contributed by atoms with van der Waals surface area (Å²) in [6.07, 6.45) is -5.47. The number of nitrogens with two attached hydrogens (primary N) is 1. The lowest BCUT2D eigenvalue weighted by Crippen LogP contribution is -2.37. The van der Waals surface area contributed by atoms with Crippen LogP contribution in [0.5, 0.6) is 0 Å². The van der Waals surface area contributed by atoms with Gasteiger partial charge in [-0.15, -0.1) is 0 Å². The zero-order valence-corrected chi connectivity index (χ0v) is 11.7. The molecule has 1 aromatic rings. The third-order valence-electron chi connectivity index (χ3n) is 2.86. The molecule has 2 nitrogen and oxygen atoms in total. The molecule has 0 aliphatic heterocycles. The summed E-state index contributed by atoms with van der Waals surface area (Å²) < 4.78 is 38.1. The van der Waals surface area contributed by atoms with Crippen molar-refractivity contribution >= 4 is 11.6 Å². The molecule has 0 amide bonds. The molecule has 3 N–H and O–H groups in total. The van der Waals surface area contributed by atoms with E-state index in [-0.39, 0.29) is 10.6 Å². The van der Waals surface area contributed by atoms with Crippen LogP contribution in [0.2, 0.25) is 5.02 Å². The van der Waals surface area contributed by atoms with Crippen molar-refractivity contribution < 1.29 is 18.3 Å². The Bertz CT molecular complexity index is 454. The van der Waals surface area contributed by atoms with Gasteiger partial charge in [0.05, 0.1) is 17.7 Å². The monoisotopic (exact) mass is 295 g/mol. The third kappa shape index (κ3) is 4.09. The molecule has 0 aliphatic rings. The number of aliphatic hydroxyl groups excluding tert-OH is 1. The standard InChI is InChI=1S/C13H17ClF3NO/c1-12(2,3)11(19)10(18)7-4-8(13(15,16)17)6-9(14)5-7/h4-6,10-11,19H,18H2,1-3H3/t10-,11-/m0/s1. The minimum Gasteiger partial charge on any atom is -0.391 e. The largest absolute Gasteiger partial charge is 0.416 e. The van der Waals surface area contributed by atoms with Gasteiger partial charge in [0.15, 0.2) is 0 Å². The van der Waals surface area contributed by atoms with Crippen LogP contribution in [0.15, 0.2) is 18.2 Å². The Balaban J connectivity index is 3.18. The lowest BCUT2D eigenvalue weighted by atomic mass is 9.82. The third-order valence-corrected chi connectivity index (χ3v) is 3.08. The van der Waals surface area contributed by atoms with Gasteiger partial charge in [-0.1, -0.05) is 32.4 Å². The molecule has 0 saturated carbocycles. The number of rotatable bonds is 2. The van der Waals surface area contributed by atoms with Crippen molar-refractivity contribution in [1.29, 1.82) is 0 Å². The second-order valence-corrected chi connectivity index (χ2v) is 6.04. The summed E-state index contributed by atoms with van der Waals surface area (Å²) in [6.45, 7) is 5.27. The number of hydrogen-bond donors (Lipinski definition) is 2. The predicted molar refractivity (Wildman–Crippen MR) is 68.8 cm³/mol. The fourth-order valence-electron chi connectivity index (χ4n) is 1.69. The second-order valence-electron chi connectivity index (χ2n) is 5.61. The minimum atomic E-state index is -4.49. The lowest BCUT2D eigenvalue weighted by molar-refractivity contribution is -0.137. The van der Waals surface area contributed by atoms with Crippen LogP contribution in [0.25, 0.3) is 0 Å². The summed E-state index contributed by atoms with van der Waals surface area (Å²) >= 11 is 5.68. The van der Waals surface area contributed by atoms with Crippen LogP contribution in [-0.4, -0.2) is 11.2 Å². The van der Waals surface area contributed by atoms with Crippen LogP contribution < -0.4 is 5.73 Å². The van der Waals surface area contributed by atoms with E-state index in [0.717, 1.165) is 12.1 Å². The molecular formula is C13H17ClF3NO. The minimum absolute atomic E-state index is 0.0543. The molecule has 19 heavy (non-hydrogen) atoms. The molecule has 0 saturated heterocycles. The van der Waals surface area contributed by atoms with E-state index in [1.54, 1.807) is 20.8 Å². The van der Waals surface area contributed by atoms with Crippen LogP contribution in [-0.2, 0) is 6.18 Å². The highest BCUT2D eigenvalue weighted by molar-refractivity contribution is 6.30. The van der Waals surface area contributed by atoms with Crippen LogP contribution >= 0.6 is 11.6 Å². The summed E-state index contributed by atoms with van der Waals surface area (Å²) in [7, 11) is 0. The van der Waals surface area contributed by atoms with E-state index >= 15 is 0 Å². The Hall–Kier alpha value is -0.780. The van der Waals surface area contributed by atoms with E-state index in [9.17, 15) is 18.3 Å². The molecule has 0 radical (unpaired) electrons. The van der Waals surface area contributed by atoms with E-state index in [1.807, 2.05) is 0 Å². The molecule has 1 aromatic carbocycles. The first-order valence-electron chi connectivity index (χ1n) is 5.74. The Morgan fingerprint density at radius 1 is 1.16 bits per heavy atom. The van der Waals surface area contributed by atoms with Gasteiger partial charge in [-0.25, -0.2) is 0 Å². The maximum absolute atomic E-state index is 12.7. The smallest absolute Gasteiger partial charge is 0.391 e. The zero-order valence-electron chi connectivity index (χ0n) is 10.9. The van der Waals surface area contributed by atoms with Crippen molar-refractivity contribution in [2.75, 3.05) is 0 Å². The Morgan fingerprint density at radius 2 is 1.68 bits per heavy atom. The molecule has 108 valence electrons. The normalized spacial score (nSPS) is 16.3. The Labute approximate surface area is 115 Å². The van der Waals surface area contributed by atoms with Crippen molar-refractivity contribution in [1.82, 2.24) is 0 Å². The van der Waals surface area contributed by atoms with Crippen molar-refractivity contribution in [3.05, 3.63) is 34.3 Å². The number of hydrogen-bond acceptors (Lipinski definition) is 2. The van der Waals surface area contributed by atoms with E-state index < -0.39 is 29.3 Å². The highest BCUT2D eigenvalue weighted by Crippen LogP contribution is 2.35. The number of benzene rings is 1. The first-order chi connectivity index (χ1) is 8.43. The van der Waals surface area contributed by atoms with Gasteiger partial charge in [-0.05, 0) is 29.2 Å². The van der Waals surface area contributed by atoms with E-state index in [0.29, 0.717) is 0 Å². The Kier molecular flexibility index (Phi) is 4.55. The van der Waals surface area contributed by atoms with Gasteiger partial charge in [0.1, 0.15) is 0 Å². The van der Waals surface area contributed by atoms with Gasteiger partial charge in [0, 0.05) is 5.02 Å². The van der Waals surface area contributed by atoms with Gasteiger partial charge in [0.2, 0.25) is 0 Å². The van der Waals surface area contributed by atoms with Gasteiger partial charge < -0.3 is 10.8 Å². The fraction of sp³-hybridized carbons (Fsp3) is 0.538. The van der Waals surface area contributed by atoms with Crippen LogP contribution in [0.1, 0.15) is 37.9 Å². The Morgan fingerprint density at radius 3 is 2.11 bits per heavy atom. The summed E-state index contributed by atoms with van der Waals surface area (Å²) in [5, 5.41) is 9.99. The molecule has 0 aliphatic carbocycles. The molecule has 1 rings (SSSR count). The SMILES string of the molecule is CC(C)(C)[C@@H](O)[C@@H](N)c1cc(Cl)cc(C(F)(F)F)c1. The molecule has 2 atom stereocenters. The molecule has 0 bridgehead atoms. The number of alkyl halides is 3. The lowest BCUT2D eigenvalue weighted by Gasteiger charge is -2.31. The number of aliphatic hydroxyl groups is 1. The molecule has 0 heterocycles. The van der Waals surface area contributed by atoms with Gasteiger partial charge >= 0.3 is 6.18 Å². The highest BCUT2D eigenvalue weighted by atomic mass is 35.5. The van der Waals surface area contributed by atoms with Crippen molar-refractivity contribution in [3.63, 3.8) is 0 Å². The number of halogens is 4. The molecular weight excluding hydrogens is 279 g/mol. The first-order valence-corrected chi connectivity index (χ1v) is 6.12. The zero-order chi connectivity index (χ0) is 15.0. The van der Waals surface area contributed by atoms with Crippen LogP contribution in [0.3, 0.4) is 0 Å². The van der Waals surface area contributed by atoms with Crippen molar-refractivity contribution in [2.45, 2.75) is 39.1 Å². The average Bonchev–Trinajstić information content (AvgIpc) is 2.23. The fourth-order valence-corrected chi connectivity index (χ4v) is 1.93. The molecule has 0 fully saturated rings. The summed E-state index contributed by atoms with van der Waals surface area (Å²) in [5.74, 6) is 0. The maximum atomic E-state index is 12.7. The van der Waals surface area contributed by atoms with Crippen molar-refractivity contribution in [3.8, 4) is 0 Å². The quantitative estimate of drug-likeness (QED) is 0.872. The van der Waals surface area contributed by atoms with Gasteiger partial charge in [-0.2, -0.15) is 13.2 Å². The average molecular weight is 296 g/mol. The molecule has 0 spiro atoms. The van der Waals surface area contributed by atoms with Crippen LogP contribution in [0.4, 0.5) is 13.2 Å². The molecule has 0 aromatic heterocycles. The topological polar surface area (TPSA) is 46.2 Å². The van der Waals surface area contributed by atoms with Gasteiger partial charge in [-0.3, -0.25) is 0 Å². The summed E-state index contributed by atoms with van der Waals surface area (Å²) in [5.41, 5.74) is 4.59. The molecule has 0 unspecified atom stereocenters. The second kappa shape index (κ2) is 5.31. The van der Waals surface area contributed by atoms with E-state index in [1.165, 1.54) is 6.07 Å². The van der Waals surface area contributed by atoms with Crippen LogP contribution in [0, 0.1) is 5.41 Å². The first kappa shape index (κ1) is 16.3. The van der Waals surface area contributed by atoms with Crippen molar-refractivity contribution in [2.24, 2.45) is 11.1 Å².